The van der Waals surface area contributed by atoms with E-state index in [1.165, 1.54) is 16.7 Å². The van der Waals surface area contributed by atoms with E-state index in [2.05, 4.69) is 5.32 Å². The number of benzene rings is 2. The molecule has 3 aromatic rings. The molecule has 0 bridgehead atoms. The van der Waals surface area contributed by atoms with Gasteiger partial charge in [-0.15, -0.1) is 0 Å². The first-order valence-corrected chi connectivity index (χ1v) is 8.15. The largest absolute Gasteiger partial charge is 0.454 e. The van der Waals surface area contributed by atoms with Gasteiger partial charge in [0.2, 0.25) is 6.79 Å². The Hall–Kier alpha value is -3.54. The molecule has 130 valence electrons. The summed E-state index contributed by atoms with van der Waals surface area (Å²) in [6.45, 7) is 0.562. The van der Waals surface area contributed by atoms with Gasteiger partial charge in [-0.25, -0.2) is 0 Å². The minimum absolute atomic E-state index is 0.191. The van der Waals surface area contributed by atoms with Gasteiger partial charge in [-0.05, 0) is 35.9 Å². The molecule has 0 fully saturated rings. The molecule has 0 saturated heterocycles. The third kappa shape index (κ3) is 3.17. The van der Waals surface area contributed by atoms with E-state index in [4.69, 9.17) is 9.47 Å². The number of hydrogen-bond donors (Lipinski definition) is 1. The first-order chi connectivity index (χ1) is 12.7. The number of ether oxygens (including phenoxy) is 2. The zero-order chi connectivity index (χ0) is 17.9. The van der Waals surface area contributed by atoms with Crippen molar-refractivity contribution in [3.63, 3.8) is 0 Å². The van der Waals surface area contributed by atoms with Crippen LogP contribution in [0.25, 0.3) is 5.69 Å². The molecule has 0 radical (unpaired) electrons. The fraction of sp³-hybridized carbons (Fsp3) is 0.100. The molecular weight excluding hydrogens is 332 g/mol. The van der Waals surface area contributed by atoms with Crippen LogP contribution in [-0.4, -0.2) is 17.3 Å². The Labute approximate surface area is 149 Å². The molecule has 1 aliphatic heterocycles. The maximum absolute atomic E-state index is 12.5. The van der Waals surface area contributed by atoms with Crippen LogP contribution in [0.15, 0.2) is 71.7 Å². The number of carbonyl (C=O) groups excluding carboxylic acids is 1. The van der Waals surface area contributed by atoms with Crippen molar-refractivity contribution in [2.24, 2.45) is 0 Å². The topological polar surface area (TPSA) is 69.6 Å². The summed E-state index contributed by atoms with van der Waals surface area (Å²) in [6.07, 6.45) is 1.55. The summed E-state index contributed by atoms with van der Waals surface area (Å²) in [5.74, 6) is 1.12. The highest BCUT2D eigenvalue weighted by Gasteiger charge is 2.14. The first kappa shape index (κ1) is 16.0. The number of carbonyl (C=O) groups is 1. The lowest BCUT2D eigenvalue weighted by atomic mass is 10.2. The number of para-hydroxylation sites is 1. The van der Waals surface area contributed by atoms with Gasteiger partial charge < -0.3 is 14.8 Å². The normalized spacial score (nSPS) is 12.0. The molecule has 0 spiro atoms. The number of aromatic nitrogens is 1. The van der Waals surface area contributed by atoms with Crippen molar-refractivity contribution in [2.45, 2.75) is 6.54 Å². The van der Waals surface area contributed by atoms with Crippen LogP contribution in [0.4, 0.5) is 0 Å². The van der Waals surface area contributed by atoms with E-state index in [9.17, 15) is 9.59 Å². The lowest BCUT2D eigenvalue weighted by molar-refractivity contribution is 0.0950. The van der Waals surface area contributed by atoms with Crippen LogP contribution in [0.1, 0.15) is 15.9 Å². The summed E-state index contributed by atoms with van der Waals surface area (Å²) in [5.41, 5.74) is 1.83. The average molecular weight is 348 g/mol. The number of fused-ring (bicyclic) bond motifs is 1. The highest BCUT2D eigenvalue weighted by Crippen LogP contribution is 2.32. The Morgan fingerprint density at radius 2 is 1.81 bits per heavy atom. The predicted molar refractivity (Wildman–Crippen MR) is 95.8 cm³/mol. The molecule has 0 atom stereocenters. The first-order valence-electron chi connectivity index (χ1n) is 8.15. The minimum Gasteiger partial charge on any atom is -0.454 e. The number of hydrogen-bond acceptors (Lipinski definition) is 4. The summed E-state index contributed by atoms with van der Waals surface area (Å²) in [5, 5.41) is 2.85. The second-order valence-corrected chi connectivity index (χ2v) is 5.83. The van der Waals surface area contributed by atoms with E-state index < -0.39 is 0 Å². The zero-order valence-corrected chi connectivity index (χ0v) is 13.8. The van der Waals surface area contributed by atoms with Crippen LogP contribution >= 0.6 is 0 Å². The van der Waals surface area contributed by atoms with E-state index in [0.717, 1.165) is 5.56 Å². The Bertz CT molecular complexity index is 1010. The number of rotatable bonds is 4. The number of amides is 1. The fourth-order valence-electron chi connectivity index (χ4n) is 2.75. The van der Waals surface area contributed by atoms with Crippen LogP contribution in [-0.2, 0) is 6.54 Å². The monoisotopic (exact) mass is 348 g/mol. The van der Waals surface area contributed by atoms with Gasteiger partial charge in [0.15, 0.2) is 11.5 Å². The molecule has 6 nitrogen and oxygen atoms in total. The van der Waals surface area contributed by atoms with Crippen molar-refractivity contribution in [2.75, 3.05) is 6.79 Å². The molecule has 2 aromatic carbocycles. The minimum atomic E-state index is -0.257. The van der Waals surface area contributed by atoms with Crippen molar-refractivity contribution >= 4 is 5.91 Å². The van der Waals surface area contributed by atoms with Crippen LogP contribution in [0, 0.1) is 0 Å². The number of pyridine rings is 1. The van der Waals surface area contributed by atoms with Crippen LogP contribution in [0.2, 0.25) is 0 Å². The van der Waals surface area contributed by atoms with Crippen molar-refractivity contribution in [3.8, 4) is 17.2 Å². The maximum Gasteiger partial charge on any atom is 0.255 e. The summed E-state index contributed by atoms with van der Waals surface area (Å²) in [6, 6.07) is 17.6. The molecule has 2 heterocycles. The smallest absolute Gasteiger partial charge is 0.255 e. The highest BCUT2D eigenvalue weighted by atomic mass is 16.7. The molecule has 1 aromatic heterocycles. The van der Waals surface area contributed by atoms with Crippen LogP contribution in [0.5, 0.6) is 11.5 Å². The SMILES string of the molecule is O=C(NCc1ccc2c(c1)OCO2)c1ccc(=O)n(-c2ccccc2)c1. The predicted octanol–water partition coefficient (Wildman–Crippen LogP) is 2.50. The molecule has 6 heteroatoms. The highest BCUT2D eigenvalue weighted by molar-refractivity contribution is 5.93. The Morgan fingerprint density at radius 3 is 2.65 bits per heavy atom. The molecular formula is C20H16N2O4. The van der Waals surface area contributed by atoms with Crippen molar-refractivity contribution in [1.82, 2.24) is 9.88 Å². The Kier molecular flexibility index (Phi) is 4.15. The van der Waals surface area contributed by atoms with Gasteiger partial charge in [-0.1, -0.05) is 24.3 Å². The molecule has 0 aliphatic carbocycles. The van der Waals surface area contributed by atoms with Gasteiger partial charge in [0.05, 0.1) is 5.56 Å². The molecule has 26 heavy (non-hydrogen) atoms. The van der Waals surface area contributed by atoms with Gasteiger partial charge in [0, 0.05) is 24.5 Å². The Balaban J connectivity index is 1.51. The fourth-order valence-corrected chi connectivity index (χ4v) is 2.75. The van der Waals surface area contributed by atoms with Crippen LogP contribution in [0.3, 0.4) is 0 Å². The second-order valence-electron chi connectivity index (χ2n) is 5.83. The molecule has 1 N–H and O–H groups in total. The quantitative estimate of drug-likeness (QED) is 0.786. The summed E-state index contributed by atoms with van der Waals surface area (Å²) in [7, 11) is 0. The summed E-state index contributed by atoms with van der Waals surface area (Å²) >= 11 is 0. The lowest BCUT2D eigenvalue weighted by Gasteiger charge is -2.09. The molecule has 4 rings (SSSR count). The van der Waals surface area contributed by atoms with Gasteiger partial charge in [-0.3, -0.25) is 14.2 Å². The van der Waals surface area contributed by atoms with Crippen molar-refractivity contribution in [3.05, 3.63) is 88.3 Å². The molecule has 1 amide bonds. The van der Waals surface area contributed by atoms with E-state index in [0.29, 0.717) is 29.3 Å². The van der Waals surface area contributed by atoms with Crippen molar-refractivity contribution in [1.29, 1.82) is 0 Å². The third-order valence-corrected chi connectivity index (χ3v) is 4.10. The van der Waals surface area contributed by atoms with E-state index >= 15 is 0 Å². The summed E-state index contributed by atoms with van der Waals surface area (Å²) < 4.78 is 12.1. The van der Waals surface area contributed by atoms with Gasteiger partial charge in [-0.2, -0.15) is 0 Å². The standard InChI is InChI=1S/C20H16N2O4/c23-19-9-7-15(12-22(19)16-4-2-1-3-5-16)20(24)21-11-14-6-8-17-18(10-14)26-13-25-17/h1-10,12H,11,13H2,(H,21,24). The third-order valence-electron chi connectivity index (χ3n) is 4.10. The zero-order valence-electron chi connectivity index (χ0n) is 13.8. The number of nitrogens with one attached hydrogen (secondary N) is 1. The van der Waals surface area contributed by atoms with E-state index in [-0.39, 0.29) is 18.3 Å². The van der Waals surface area contributed by atoms with E-state index in [1.807, 2.05) is 48.5 Å². The number of nitrogens with zero attached hydrogens (tertiary/aromatic N) is 1. The molecule has 0 unspecified atom stereocenters. The van der Waals surface area contributed by atoms with Gasteiger partial charge in [0.1, 0.15) is 0 Å². The lowest BCUT2D eigenvalue weighted by Crippen LogP contribution is -2.25. The maximum atomic E-state index is 12.5. The molecule has 0 saturated carbocycles. The molecule has 1 aliphatic rings. The van der Waals surface area contributed by atoms with Crippen molar-refractivity contribution < 1.29 is 14.3 Å². The summed E-state index contributed by atoms with van der Waals surface area (Å²) in [4.78, 5) is 24.6. The Morgan fingerprint density at radius 1 is 1.00 bits per heavy atom. The van der Waals surface area contributed by atoms with E-state index in [1.54, 1.807) is 6.20 Å². The van der Waals surface area contributed by atoms with Gasteiger partial charge >= 0.3 is 0 Å². The van der Waals surface area contributed by atoms with Gasteiger partial charge in [0.25, 0.3) is 11.5 Å². The average Bonchev–Trinajstić information content (AvgIpc) is 3.15. The second kappa shape index (κ2) is 6.76. The van der Waals surface area contributed by atoms with Crippen LogP contribution < -0.4 is 20.3 Å².